The topological polar surface area (TPSA) is 116 Å². The summed E-state index contributed by atoms with van der Waals surface area (Å²) in [4.78, 5) is 35.1. The van der Waals surface area contributed by atoms with Gasteiger partial charge in [-0.25, -0.2) is 10.4 Å². The Labute approximate surface area is 168 Å². The number of alkyl halides is 3. The number of hydrogen-bond acceptors (Lipinski definition) is 8. The second-order valence-corrected chi connectivity index (χ2v) is 6.92. The van der Waals surface area contributed by atoms with Crippen LogP contribution in [0.15, 0.2) is 22.9 Å². The molecule has 4 rings (SSSR count). The predicted molar refractivity (Wildman–Crippen MR) is 95.6 cm³/mol. The van der Waals surface area contributed by atoms with Gasteiger partial charge in [0.15, 0.2) is 0 Å². The van der Waals surface area contributed by atoms with Gasteiger partial charge in [0, 0.05) is 44.4 Å². The summed E-state index contributed by atoms with van der Waals surface area (Å²) in [6.07, 6.45) is -2.55. The number of halogens is 3. The van der Waals surface area contributed by atoms with Gasteiger partial charge in [-0.1, -0.05) is 5.16 Å². The van der Waals surface area contributed by atoms with Crippen LogP contribution in [0.25, 0.3) is 11.4 Å². The van der Waals surface area contributed by atoms with Gasteiger partial charge in [0.05, 0.1) is 0 Å². The number of hydrogen-bond donors (Lipinski definition) is 2. The monoisotopic (exact) mass is 425 g/mol. The molecule has 0 bridgehead atoms. The van der Waals surface area contributed by atoms with Crippen molar-refractivity contribution in [3.05, 3.63) is 24.2 Å². The molecule has 2 aliphatic rings. The highest BCUT2D eigenvalue weighted by Gasteiger charge is 2.38. The van der Waals surface area contributed by atoms with E-state index in [0.29, 0.717) is 50.4 Å². The maximum Gasteiger partial charge on any atom is 0.471 e. The molecule has 0 spiro atoms. The standard InChI is InChI=1S/C17H18F3N7O3/c18-17(19,20)16-22-14(25-30-16)10-1-3-12(21-9-10)26-5-7-27(8-6-26)15(29)11-2-4-13(28)24-23-11/h1,3,9,11,23H,2,4-8H2,(H,24,28). The highest BCUT2D eigenvalue weighted by Crippen LogP contribution is 2.29. The van der Waals surface area contributed by atoms with Crippen LogP contribution in [-0.2, 0) is 15.8 Å². The first kappa shape index (κ1) is 20.1. The molecule has 2 N–H and O–H groups in total. The van der Waals surface area contributed by atoms with E-state index in [2.05, 4.69) is 30.5 Å². The number of carbonyl (C=O) groups is 2. The predicted octanol–water partition coefficient (Wildman–Crippen LogP) is 0.582. The zero-order valence-corrected chi connectivity index (χ0v) is 15.6. The Morgan fingerprint density at radius 3 is 2.53 bits per heavy atom. The zero-order chi connectivity index (χ0) is 21.3. The van der Waals surface area contributed by atoms with Crippen molar-refractivity contribution in [1.82, 2.24) is 30.9 Å². The van der Waals surface area contributed by atoms with E-state index in [1.54, 1.807) is 17.0 Å². The summed E-state index contributed by atoms with van der Waals surface area (Å²) in [6, 6.07) is 2.80. The molecule has 2 aromatic heterocycles. The van der Waals surface area contributed by atoms with E-state index in [4.69, 9.17) is 0 Å². The van der Waals surface area contributed by atoms with Gasteiger partial charge < -0.3 is 14.3 Å². The molecule has 0 saturated carbocycles. The van der Waals surface area contributed by atoms with Gasteiger partial charge in [-0.05, 0) is 18.6 Å². The number of aromatic nitrogens is 3. The fourth-order valence-corrected chi connectivity index (χ4v) is 3.30. The van der Waals surface area contributed by atoms with Gasteiger partial charge in [0.1, 0.15) is 11.9 Å². The third-order valence-corrected chi connectivity index (χ3v) is 4.93. The van der Waals surface area contributed by atoms with Crippen molar-refractivity contribution < 1.29 is 27.3 Å². The van der Waals surface area contributed by atoms with Gasteiger partial charge >= 0.3 is 12.1 Å². The van der Waals surface area contributed by atoms with E-state index < -0.39 is 18.1 Å². The van der Waals surface area contributed by atoms with Gasteiger partial charge in [0.2, 0.25) is 17.6 Å². The van der Waals surface area contributed by atoms with Crippen molar-refractivity contribution in [2.45, 2.75) is 25.1 Å². The first-order valence-electron chi connectivity index (χ1n) is 9.27. The molecule has 0 radical (unpaired) electrons. The van der Waals surface area contributed by atoms with Crippen molar-refractivity contribution in [2.24, 2.45) is 0 Å². The molecule has 2 aliphatic heterocycles. The van der Waals surface area contributed by atoms with Crippen LogP contribution in [0.3, 0.4) is 0 Å². The van der Waals surface area contributed by atoms with Crippen molar-refractivity contribution in [3.8, 4) is 11.4 Å². The first-order chi connectivity index (χ1) is 14.3. The fourth-order valence-electron chi connectivity index (χ4n) is 3.30. The maximum atomic E-state index is 12.6. The molecule has 1 atom stereocenters. The summed E-state index contributed by atoms with van der Waals surface area (Å²) in [7, 11) is 0. The third-order valence-electron chi connectivity index (χ3n) is 4.93. The van der Waals surface area contributed by atoms with Gasteiger partial charge in [-0.3, -0.25) is 15.0 Å². The Hall–Kier alpha value is -3.22. The van der Waals surface area contributed by atoms with Crippen molar-refractivity contribution in [2.75, 3.05) is 31.1 Å². The molecule has 0 aromatic carbocycles. The minimum Gasteiger partial charge on any atom is -0.353 e. The molecule has 13 heteroatoms. The average molecular weight is 425 g/mol. The van der Waals surface area contributed by atoms with Gasteiger partial charge in [-0.15, -0.1) is 0 Å². The third kappa shape index (κ3) is 4.20. The van der Waals surface area contributed by atoms with E-state index in [9.17, 15) is 22.8 Å². The van der Waals surface area contributed by atoms with Gasteiger partial charge in [-0.2, -0.15) is 18.2 Å². The van der Waals surface area contributed by atoms with Crippen molar-refractivity contribution in [1.29, 1.82) is 0 Å². The zero-order valence-electron chi connectivity index (χ0n) is 15.6. The number of carbonyl (C=O) groups excluding carboxylic acids is 2. The van der Waals surface area contributed by atoms with Crippen LogP contribution in [0.4, 0.5) is 19.0 Å². The molecule has 0 aliphatic carbocycles. The van der Waals surface area contributed by atoms with Crippen LogP contribution in [0.2, 0.25) is 0 Å². The second kappa shape index (κ2) is 7.89. The highest BCUT2D eigenvalue weighted by molar-refractivity contribution is 5.85. The molecule has 2 saturated heterocycles. The van der Waals surface area contributed by atoms with Crippen molar-refractivity contribution >= 4 is 17.6 Å². The van der Waals surface area contributed by atoms with Crippen LogP contribution >= 0.6 is 0 Å². The average Bonchev–Trinajstić information content (AvgIpc) is 3.25. The van der Waals surface area contributed by atoms with Crippen molar-refractivity contribution in [3.63, 3.8) is 0 Å². The Morgan fingerprint density at radius 1 is 1.20 bits per heavy atom. The van der Waals surface area contributed by atoms with Crippen LogP contribution < -0.4 is 15.8 Å². The molecular weight excluding hydrogens is 407 g/mol. The molecule has 2 aromatic rings. The Balaban J connectivity index is 1.34. The number of rotatable bonds is 3. The van der Waals surface area contributed by atoms with Crippen LogP contribution in [0.1, 0.15) is 18.7 Å². The van der Waals surface area contributed by atoms with E-state index in [-0.39, 0.29) is 17.6 Å². The number of nitrogens with zero attached hydrogens (tertiary/aromatic N) is 5. The molecule has 2 amide bonds. The lowest BCUT2D eigenvalue weighted by atomic mass is 10.1. The highest BCUT2D eigenvalue weighted by atomic mass is 19.4. The summed E-state index contributed by atoms with van der Waals surface area (Å²) >= 11 is 0. The summed E-state index contributed by atoms with van der Waals surface area (Å²) in [5, 5.41) is 3.34. The lowest BCUT2D eigenvalue weighted by molar-refractivity contribution is -0.159. The number of nitrogens with one attached hydrogen (secondary N) is 2. The number of piperazine rings is 1. The van der Waals surface area contributed by atoms with Crippen LogP contribution in [0.5, 0.6) is 0 Å². The van der Waals surface area contributed by atoms with Crippen LogP contribution in [0, 0.1) is 0 Å². The maximum absolute atomic E-state index is 12.6. The number of amides is 2. The van der Waals surface area contributed by atoms with E-state index in [0.717, 1.165) is 0 Å². The number of anilines is 1. The molecule has 4 heterocycles. The quantitative estimate of drug-likeness (QED) is 0.734. The Bertz CT molecular complexity index is 913. The Morgan fingerprint density at radius 2 is 1.97 bits per heavy atom. The SMILES string of the molecule is O=C1CCC(C(=O)N2CCN(c3ccc(-c4noc(C(F)(F)F)n4)cn3)CC2)NN1. The molecule has 2 fully saturated rings. The lowest BCUT2D eigenvalue weighted by Gasteiger charge is -2.37. The molecular formula is C17H18F3N7O3. The summed E-state index contributed by atoms with van der Waals surface area (Å²) in [5.41, 5.74) is 5.52. The fraction of sp³-hybridized carbons (Fsp3) is 0.471. The summed E-state index contributed by atoms with van der Waals surface area (Å²) in [6.45, 7) is 2.09. The minimum absolute atomic E-state index is 0.0597. The van der Waals surface area contributed by atoms with E-state index >= 15 is 0 Å². The largest absolute Gasteiger partial charge is 0.471 e. The lowest BCUT2D eigenvalue weighted by Crippen LogP contribution is -2.59. The van der Waals surface area contributed by atoms with E-state index in [1.165, 1.54) is 6.20 Å². The van der Waals surface area contributed by atoms with Gasteiger partial charge in [0.25, 0.3) is 0 Å². The van der Waals surface area contributed by atoms with E-state index in [1.807, 2.05) is 4.90 Å². The Kier molecular flexibility index (Phi) is 5.28. The summed E-state index contributed by atoms with van der Waals surface area (Å²) < 4.78 is 42.0. The number of hydrazine groups is 1. The summed E-state index contributed by atoms with van der Waals surface area (Å²) in [5.74, 6) is -1.16. The molecule has 1 unspecified atom stereocenters. The second-order valence-electron chi connectivity index (χ2n) is 6.92. The minimum atomic E-state index is -4.70. The smallest absolute Gasteiger partial charge is 0.353 e. The molecule has 10 nitrogen and oxygen atoms in total. The number of pyridine rings is 1. The van der Waals surface area contributed by atoms with Crippen LogP contribution in [-0.4, -0.2) is 64.1 Å². The molecule has 160 valence electrons. The molecule has 30 heavy (non-hydrogen) atoms. The normalized spacial score (nSPS) is 20.2. The first-order valence-corrected chi connectivity index (χ1v) is 9.27.